The van der Waals surface area contributed by atoms with Gasteiger partial charge in [-0.3, -0.25) is 4.79 Å². The third-order valence-corrected chi connectivity index (χ3v) is 6.69. The summed E-state index contributed by atoms with van der Waals surface area (Å²) in [4.78, 5) is 34.9. The first kappa shape index (κ1) is 25.9. The van der Waals surface area contributed by atoms with Crippen LogP contribution in [0, 0.1) is 0 Å². The molecule has 0 radical (unpaired) electrons. The highest BCUT2D eigenvalue weighted by Crippen LogP contribution is 2.33. The molecule has 1 aliphatic rings. The summed E-state index contributed by atoms with van der Waals surface area (Å²) in [6.07, 6.45) is 2.02. The molecule has 5 N–H and O–H groups in total. The first-order valence-corrected chi connectivity index (χ1v) is 12.5. The van der Waals surface area contributed by atoms with Crippen LogP contribution >= 0.6 is 0 Å². The maximum absolute atomic E-state index is 13.0. The SMILES string of the molecule is COc1ccc(-c2cnc3nc(N)nc(N4CCN(C(=O)C(N)Cc5ccc(O)cc5)CC4)c3n2)cc1OC. The number of hydrogen-bond acceptors (Lipinski definition) is 11. The highest BCUT2D eigenvalue weighted by atomic mass is 16.5. The fourth-order valence-electron chi connectivity index (χ4n) is 4.61. The second-order valence-corrected chi connectivity index (χ2v) is 9.19. The van der Waals surface area contributed by atoms with Crippen molar-refractivity contribution < 1.29 is 19.4 Å². The van der Waals surface area contributed by atoms with Crippen LogP contribution < -0.4 is 25.8 Å². The van der Waals surface area contributed by atoms with Crippen LogP contribution in [0.3, 0.4) is 0 Å². The number of amides is 1. The van der Waals surface area contributed by atoms with Gasteiger partial charge in [0, 0.05) is 31.7 Å². The summed E-state index contributed by atoms with van der Waals surface area (Å²) in [5.74, 6) is 1.91. The van der Waals surface area contributed by atoms with Gasteiger partial charge in [-0.2, -0.15) is 9.97 Å². The number of piperazine rings is 1. The second-order valence-electron chi connectivity index (χ2n) is 9.19. The largest absolute Gasteiger partial charge is 0.508 e. The molecule has 2 aromatic carbocycles. The quantitative estimate of drug-likeness (QED) is 0.318. The number of aromatic hydroxyl groups is 1. The van der Waals surface area contributed by atoms with Crippen molar-refractivity contribution in [1.29, 1.82) is 0 Å². The van der Waals surface area contributed by atoms with E-state index in [9.17, 15) is 9.90 Å². The number of anilines is 2. The average molecular weight is 531 g/mol. The van der Waals surface area contributed by atoms with E-state index in [1.165, 1.54) is 0 Å². The molecule has 1 fully saturated rings. The molecule has 202 valence electrons. The van der Waals surface area contributed by atoms with Crippen LogP contribution in [0.1, 0.15) is 5.56 Å². The Morgan fingerprint density at radius 2 is 1.72 bits per heavy atom. The van der Waals surface area contributed by atoms with Gasteiger partial charge in [0.15, 0.2) is 28.5 Å². The van der Waals surface area contributed by atoms with Gasteiger partial charge in [-0.25, -0.2) is 9.97 Å². The number of nitrogens with zero attached hydrogens (tertiary/aromatic N) is 6. The Morgan fingerprint density at radius 3 is 2.41 bits per heavy atom. The number of carbonyl (C=O) groups excluding carboxylic acids is 1. The van der Waals surface area contributed by atoms with E-state index in [0.717, 1.165) is 11.1 Å². The lowest BCUT2D eigenvalue weighted by Gasteiger charge is -2.36. The Labute approximate surface area is 225 Å². The van der Waals surface area contributed by atoms with Gasteiger partial charge in [-0.1, -0.05) is 12.1 Å². The van der Waals surface area contributed by atoms with E-state index in [0.29, 0.717) is 66.8 Å². The average Bonchev–Trinajstić information content (AvgIpc) is 2.97. The number of phenolic OH excluding ortho intramolecular Hbond substituents is 1. The molecule has 12 nitrogen and oxygen atoms in total. The van der Waals surface area contributed by atoms with Crippen molar-refractivity contribution in [2.24, 2.45) is 5.73 Å². The standard InChI is InChI=1S/C27H30N8O4/c1-38-21-8-5-17(14-22(21)39-2)20-15-30-24-23(31-20)25(33-27(29)32-24)34-9-11-35(12-10-34)26(37)19(28)13-16-3-6-18(36)7-4-16/h3-8,14-15,19,36H,9-13,28H2,1-2H3,(H2,29,30,32,33). The molecule has 1 unspecified atom stereocenters. The summed E-state index contributed by atoms with van der Waals surface area (Å²) in [7, 11) is 3.16. The number of rotatable bonds is 7. The molecule has 0 bridgehead atoms. The molecule has 1 saturated heterocycles. The van der Waals surface area contributed by atoms with Crippen LogP contribution in [0.5, 0.6) is 17.2 Å². The smallest absolute Gasteiger partial charge is 0.239 e. The number of hydrogen-bond donors (Lipinski definition) is 3. The summed E-state index contributed by atoms with van der Waals surface area (Å²) in [6, 6.07) is 11.5. The van der Waals surface area contributed by atoms with Gasteiger partial charge in [0.2, 0.25) is 11.9 Å². The Balaban J connectivity index is 1.34. The minimum atomic E-state index is -0.675. The maximum atomic E-state index is 13.0. The van der Waals surface area contributed by atoms with Crippen molar-refractivity contribution >= 4 is 28.8 Å². The van der Waals surface area contributed by atoms with Gasteiger partial charge >= 0.3 is 0 Å². The molecule has 1 amide bonds. The predicted octanol–water partition coefficient (Wildman–Crippen LogP) is 1.61. The van der Waals surface area contributed by atoms with Gasteiger partial charge in [0.1, 0.15) is 5.75 Å². The highest BCUT2D eigenvalue weighted by Gasteiger charge is 2.27. The van der Waals surface area contributed by atoms with Crippen LogP contribution in [0.4, 0.5) is 11.8 Å². The lowest BCUT2D eigenvalue weighted by atomic mass is 10.0. The summed E-state index contributed by atoms with van der Waals surface area (Å²) >= 11 is 0. The lowest BCUT2D eigenvalue weighted by molar-refractivity contribution is -0.132. The number of methoxy groups -OCH3 is 2. The molecule has 0 aliphatic carbocycles. The molecule has 39 heavy (non-hydrogen) atoms. The Kier molecular flexibility index (Phi) is 7.28. The first-order chi connectivity index (χ1) is 18.9. The zero-order valence-corrected chi connectivity index (χ0v) is 21.7. The first-order valence-electron chi connectivity index (χ1n) is 12.5. The second kappa shape index (κ2) is 11.0. The molecule has 1 atom stereocenters. The fourth-order valence-corrected chi connectivity index (χ4v) is 4.61. The zero-order valence-electron chi connectivity index (χ0n) is 21.7. The fraction of sp³-hybridized carbons (Fsp3) is 0.296. The molecule has 1 aliphatic heterocycles. The van der Waals surface area contributed by atoms with Crippen LogP contribution in [0.15, 0.2) is 48.7 Å². The highest BCUT2D eigenvalue weighted by molar-refractivity contribution is 5.86. The van der Waals surface area contributed by atoms with E-state index >= 15 is 0 Å². The topological polar surface area (TPSA) is 166 Å². The van der Waals surface area contributed by atoms with E-state index in [2.05, 4.69) is 15.0 Å². The number of carbonyl (C=O) groups is 1. The normalized spacial score (nSPS) is 14.3. The van der Waals surface area contributed by atoms with Crippen molar-refractivity contribution in [3.63, 3.8) is 0 Å². The van der Waals surface area contributed by atoms with Crippen LogP contribution in [0.25, 0.3) is 22.4 Å². The van der Waals surface area contributed by atoms with Gasteiger partial charge in [-0.15, -0.1) is 0 Å². The van der Waals surface area contributed by atoms with E-state index in [4.69, 9.17) is 25.9 Å². The van der Waals surface area contributed by atoms with Gasteiger partial charge < -0.3 is 35.8 Å². The molecule has 0 spiro atoms. The summed E-state index contributed by atoms with van der Waals surface area (Å²) in [6.45, 7) is 1.98. The summed E-state index contributed by atoms with van der Waals surface area (Å²) < 4.78 is 10.8. The molecule has 12 heteroatoms. The van der Waals surface area contributed by atoms with Crippen LogP contribution in [-0.4, -0.2) is 82.3 Å². The molecular weight excluding hydrogens is 500 g/mol. The Hall–Kier alpha value is -4.71. The van der Waals surface area contributed by atoms with E-state index in [-0.39, 0.29) is 17.6 Å². The van der Waals surface area contributed by atoms with Crippen molar-refractivity contribution in [1.82, 2.24) is 24.8 Å². The van der Waals surface area contributed by atoms with E-state index < -0.39 is 6.04 Å². The minimum Gasteiger partial charge on any atom is -0.508 e. The lowest BCUT2D eigenvalue weighted by Crippen LogP contribution is -2.54. The van der Waals surface area contributed by atoms with Crippen LogP contribution in [-0.2, 0) is 11.2 Å². The van der Waals surface area contributed by atoms with Gasteiger partial charge in [-0.05, 0) is 42.3 Å². The molecular formula is C27H30N8O4. The minimum absolute atomic E-state index is 0.0973. The predicted molar refractivity (Wildman–Crippen MR) is 147 cm³/mol. The number of ether oxygens (including phenoxy) is 2. The van der Waals surface area contributed by atoms with Crippen molar-refractivity contribution in [2.75, 3.05) is 51.0 Å². The number of benzene rings is 2. The number of nitrogen functional groups attached to an aromatic ring is 1. The summed E-state index contributed by atoms with van der Waals surface area (Å²) in [5, 5.41) is 9.47. The number of aromatic nitrogens is 4. The van der Waals surface area contributed by atoms with Crippen molar-refractivity contribution in [3.05, 3.63) is 54.2 Å². The number of nitrogens with two attached hydrogens (primary N) is 2. The van der Waals surface area contributed by atoms with E-state index in [1.807, 2.05) is 23.1 Å². The number of fused-ring (bicyclic) bond motifs is 1. The van der Waals surface area contributed by atoms with Gasteiger partial charge in [0.25, 0.3) is 0 Å². The zero-order chi connectivity index (χ0) is 27.5. The van der Waals surface area contributed by atoms with E-state index in [1.54, 1.807) is 49.6 Å². The summed E-state index contributed by atoms with van der Waals surface area (Å²) in [5.41, 5.74) is 15.4. The van der Waals surface area contributed by atoms with Crippen LogP contribution in [0.2, 0.25) is 0 Å². The third kappa shape index (κ3) is 5.46. The molecule has 2 aromatic heterocycles. The molecule has 4 aromatic rings. The molecule has 3 heterocycles. The van der Waals surface area contributed by atoms with Crippen molar-refractivity contribution in [3.8, 4) is 28.5 Å². The Bertz CT molecular complexity index is 1490. The van der Waals surface area contributed by atoms with Gasteiger partial charge in [0.05, 0.1) is 32.2 Å². The van der Waals surface area contributed by atoms with Crippen molar-refractivity contribution in [2.45, 2.75) is 12.5 Å². The molecule has 0 saturated carbocycles. The monoisotopic (exact) mass is 530 g/mol. The molecule has 5 rings (SSSR count). The number of phenols is 1. The Morgan fingerprint density at radius 1 is 1.00 bits per heavy atom. The third-order valence-electron chi connectivity index (χ3n) is 6.69. The maximum Gasteiger partial charge on any atom is 0.239 e.